The third-order valence-corrected chi connectivity index (χ3v) is 3.53. The van der Waals surface area contributed by atoms with Crippen molar-refractivity contribution in [3.05, 3.63) is 34.9 Å². The normalized spacial score (nSPS) is 14.1. The fraction of sp³-hybridized carbons (Fsp3) is 0.529. The van der Waals surface area contributed by atoms with Gasteiger partial charge in [0, 0.05) is 5.02 Å². The molecule has 0 fully saturated rings. The molecule has 6 heteroatoms. The van der Waals surface area contributed by atoms with Crippen molar-refractivity contribution in [2.75, 3.05) is 0 Å². The first kappa shape index (κ1) is 19.5. The minimum absolute atomic E-state index is 0.263. The quantitative estimate of drug-likeness (QED) is 0.744. The summed E-state index contributed by atoms with van der Waals surface area (Å²) in [6.07, 6.45) is 0.936. The van der Waals surface area contributed by atoms with Gasteiger partial charge in [-0.1, -0.05) is 23.7 Å². The van der Waals surface area contributed by atoms with Crippen LogP contribution in [0.1, 0.15) is 39.2 Å². The molecule has 0 aromatic heterocycles. The van der Waals surface area contributed by atoms with Crippen molar-refractivity contribution in [3.63, 3.8) is 0 Å². The monoisotopic (exact) mass is 341 g/mol. The van der Waals surface area contributed by atoms with E-state index >= 15 is 0 Å². The summed E-state index contributed by atoms with van der Waals surface area (Å²) in [4.78, 5) is 23.2. The average Bonchev–Trinajstić information content (AvgIpc) is 2.42. The Bertz CT molecular complexity index is 537. The highest BCUT2D eigenvalue weighted by molar-refractivity contribution is 6.30. The molecule has 0 spiro atoms. The minimum atomic E-state index is -0.906. The standard InChI is InChI=1S/C17H24ClNO4/c1-17(2,3)23-16(22)14(19)9-6-12(15(20)21)10-11-4-7-13(18)8-5-11/h4-5,7-8,12,14H,6,9-10,19H2,1-3H3,(H,20,21). The van der Waals surface area contributed by atoms with Gasteiger partial charge in [-0.15, -0.1) is 0 Å². The van der Waals surface area contributed by atoms with Gasteiger partial charge < -0.3 is 15.6 Å². The lowest BCUT2D eigenvalue weighted by Crippen LogP contribution is -2.38. The molecule has 5 nitrogen and oxygen atoms in total. The Morgan fingerprint density at radius 3 is 2.26 bits per heavy atom. The van der Waals surface area contributed by atoms with Crippen LogP contribution in [-0.2, 0) is 20.7 Å². The molecule has 0 aliphatic rings. The topological polar surface area (TPSA) is 89.6 Å². The van der Waals surface area contributed by atoms with Crippen LogP contribution in [0.25, 0.3) is 0 Å². The third kappa shape index (κ3) is 7.48. The van der Waals surface area contributed by atoms with E-state index in [1.165, 1.54) is 0 Å². The third-order valence-electron chi connectivity index (χ3n) is 3.28. The number of carboxylic acids is 1. The number of hydrogen-bond acceptors (Lipinski definition) is 4. The molecule has 1 aromatic carbocycles. The molecule has 1 rings (SSSR count). The molecule has 0 saturated heterocycles. The summed E-state index contributed by atoms with van der Waals surface area (Å²) in [5.74, 6) is -2.02. The average molecular weight is 342 g/mol. The summed E-state index contributed by atoms with van der Waals surface area (Å²) in [5.41, 5.74) is 6.08. The number of halogens is 1. The summed E-state index contributed by atoms with van der Waals surface area (Å²) in [7, 11) is 0. The predicted octanol–water partition coefficient (Wildman–Crippen LogP) is 3.03. The number of ether oxygens (including phenoxy) is 1. The summed E-state index contributed by atoms with van der Waals surface area (Å²) < 4.78 is 5.20. The fourth-order valence-electron chi connectivity index (χ4n) is 2.09. The largest absolute Gasteiger partial charge is 0.481 e. The van der Waals surface area contributed by atoms with Gasteiger partial charge in [-0.2, -0.15) is 0 Å². The fourth-order valence-corrected chi connectivity index (χ4v) is 2.22. The summed E-state index contributed by atoms with van der Waals surface area (Å²) >= 11 is 5.82. The Labute approximate surface area is 141 Å². The van der Waals surface area contributed by atoms with E-state index < -0.39 is 29.5 Å². The molecule has 2 unspecified atom stereocenters. The lowest BCUT2D eigenvalue weighted by Gasteiger charge is -2.22. The predicted molar refractivity (Wildman–Crippen MR) is 89.3 cm³/mol. The highest BCUT2D eigenvalue weighted by Crippen LogP contribution is 2.18. The van der Waals surface area contributed by atoms with Gasteiger partial charge in [-0.25, -0.2) is 0 Å². The van der Waals surface area contributed by atoms with Crippen LogP contribution in [0, 0.1) is 5.92 Å². The molecule has 0 heterocycles. The van der Waals surface area contributed by atoms with Gasteiger partial charge in [0.25, 0.3) is 0 Å². The number of aliphatic carboxylic acids is 1. The van der Waals surface area contributed by atoms with Gasteiger partial charge in [0.2, 0.25) is 0 Å². The zero-order valence-corrected chi connectivity index (χ0v) is 14.5. The first-order chi connectivity index (χ1) is 10.6. The van der Waals surface area contributed by atoms with E-state index in [4.69, 9.17) is 22.1 Å². The number of nitrogens with two attached hydrogens (primary N) is 1. The van der Waals surface area contributed by atoms with Crippen LogP contribution in [-0.4, -0.2) is 28.7 Å². The lowest BCUT2D eigenvalue weighted by molar-refractivity contribution is -0.157. The molecule has 0 radical (unpaired) electrons. The Kier molecular flexibility index (Phi) is 7.03. The lowest BCUT2D eigenvalue weighted by atomic mass is 9.93. The van der Waals surface area contributed by atoms with Crippen LogP contribution in [0.4, 0.5) is 0 Å². The van der Waals surface area contributed by atoms with Crippen LogP contribution >= 0.6 is 11.6 Å². The van der Waals surface area contributed by atoms with Crippen LogP contribution in [0.3, 0.4) is 0 Å². The zero-order chi connectivity index (χ0) is 17.6. The highest BCUT2D eigenvalue weighted by Gasteiger charge is 2.25. The van der Waals surface area contributed by atoms with Gasteiger partial charge in [-0.3, -0.25) is 9.59 Å². The van der Waals surface area contributed by atoms with E-state index in [0.29, 0.717) is 17.9 Å². The van der Waals surface area contributed by atoms with E-state index in [-0.39, 0.29) is 6.42 Å². The second kappa shape index (κ2) is 8.31. The van der Waals surface area contributed by atoms with Gasteiger partial charge in [0.15, 0.2) is 0 Å². The molecular weight excluding hydrogens is 318 g/mol. The van der Waals surface area contributed by atoms with E-state index in [1.807, 2.05) is 0 Å². The SMILES string of the molecule is CC(C)(C)OC(=O)C(N)CCC(Cc1ccc(Cl)cc1)C(=O)O. The number of hydrogen-bond donors (Lipinski definition) is 2. The van der Waals surface area contributed by atoms with Crippen molar-refractivity contribution in [1.82, 2.24) is 0 Å². The van der Waals surface area contributed by atoms with Crippen molar-refractivity contribution in [2.24, 2.45) is 11.7 Å². The molecule has 1 aromatic rings. The number of carbonyl (C=O) groups is 2. The van der Waals surface area contributed by atoms with Crippen LogP contribution < -0.4 is 5.73 Å². The van der Waals surface area contributed by atoms with Crippen molar-refractivity contribution in [3.8, 4) is 0 Å². The minimum Gasteiger partial charge on any atom is -0.481 e. The Morgan fingerprint density at radius 1 is 1.22 bits per heavy atom. The maximum atomic E-state index is 11.8. The molecule has 0 bridgehead atoms. The van der Waals surface area contributed by atoms with E-state index in [9.17, 15) is 14.7 Å². The zero-order valence-electron chi connectivity index (χ0n) is 13.7. The van der Waals surface area contributed by atoms with E-state index in [2.05, 4.69) is 0 Å². The molecule has 0 saturated carbocycles. The molecule has 0 aliphatic carbocycles. The molecular formula is C17H24ClNO4. The Balaban J connectivity index is 2.58. The van der Waals surface area contributed by atoms with Gasteiger partial charge in [-0.05, 0) is 57.7 Å². The molecule has 0 aliphatic heterocycles. The maximum Gasteiger partial charge on any atom is 0.323 e. The second-order valence-corrected chi connectivity index (χ2v) is 7.02. The van der Waals surface area contributed by atoms with Crippen molar-refractivity contribution < 1.29 is 19.4 Å². The van der Waals surface area contributed by atoms with Gasteiger partial charge in [0.05, 0.1) is 5.92 Å². The highest BCUT2D eigenvalue weighted by atomic mass is 35.5. The summed E-state index contributed by atoms with van der Waals surface area (Å²) in [6.45, 7) is 5.29. The smallest absolute Gasteiger partial charge is 0.323 e. The number of benzene rings is 1. The maximum absolute atomic E-state index is 11.8. The number of rotatable bonds is 7. The first-order valence-electron chi connectivity index (χ1n) is 7.54. The molecule has 3 N–H and O–H groups in total. The summed E-state index contributed by atoms with van der Waals surface area (Å²) in [6, 6.07) is 6.23. The number of carboxylic acid groups (broad SMARTS) is 1. The molecule has 0 amide bonds. The van der Waals surface area contributed by atoms with E-state index in [0.717, 1.165) is 5.56 Å². The van der Waals surface area contributed by atoms with E-state index in [1.54, 1.807) is 45.0 Å². The second-order valence-electron chi connectivity index (χ2n) is 6.58. The molecule has 23 heavy (non-hydrogen) atoms. The summed E-state index contributed by atoms with van der Waals surface area (Å²) in [5, 5.41) is 9.95. The Morgan fingerprint density at radius 2 is 1.78 bits per heavy atom. The number of carbonyl (C=O) groups excluding carboxylic acids is 1. The molecule has 2 atom stereocenters. The first-order valence-corrected chi connectivity index (χ1v) is 7.92. The van der Waals surface area contributed by atoms with Crippen molar-refractivity contribution >= 4 is 23.5 Å². The van der Waals surface area contributed by atoms with Gasteiger partial charge in [0.1, 0.15) is 11.6 Å². The number of esters is 1. The molecule has 128 valence electrons. The van der Waals surface area contributed by atoms with Crippen molar-refractivity contribution in [1.29, 1.82) is 0 Å². The Hall–Kier alpha value is -1.59. The van der Waals surface area contributed by atoms with Crippen LogP contribution in [0.5, 0.6) is 0 Å². The van der Waals surface area contributed by atoms with Gasteiger partial charge >= 0.3 is 11.9 Å². The van der Waals surface area contributed by atoms with Crippen LogP contribution in [0.2, 0.25) is 5.02 Å². The van der Waals surface area contributed by atoms with Crippen LogP contribution in [0.15, 0.2) is 24.3 Å². The van der Waals surface area contributed by atoms with Crippen molar-refractivity contribution in [2.45, 2.75) is 51.7 Å².